The fourth-order valence-corrected chi connectivity index (χ4v) is 3.38. The van der Waals surface area contributed by atoms with Gasteiger partial charge in [0.15, 0.2) is 0 Å². The lowest BCUT2D eigenvalue weighted by Gasteiger charge is -2.05. The monoisotopic (exact) mass is 277 g/mol. The zero-order valence-corrected chi connectivity index (χ0v) is 12.4. The van der Waals surface area contributed by atoms with Crippen LogP contribution in [0.15, 0.2) is 48.5 Å². The Bertz CT molecular complexity index is 788. The van der Waals surface area contributed by atoms with E-state index < -0.39 is 0 Å². The molecular formula is C18H15NS. The highest BCUT2D eigenvalue weighted by Crippen LogP contribution is 2.34. The van der Waals surface area contributed by atoms with Gasteiger partial charge >= 0.3 is 0 Å². The van der Waals surface area contributed by atoms with Gasteiger partial charge in [-0.2, -0.15) is 5.26 Å². The third-order valence-electron chi connectivity index (χ3n) is 3.51. The predicted octanol–water partition coefficient (Wildman–Crippen LogP) is 5.56. The molecule has 20 heavy (non-hydrogen) atoms. The molecule has 0 radical (unpaired) electrons. The van der Waals surface area contributed by atoms with E-state index in [4.69, 9.17) is 5.26 Å². The van der Waals surface area contributed by atoms with Crippen LogP contribution in [-0.4, -0.2) is 0 Å². The third-order valence-corrected chi connectivity index (χ3v) is 4.66. The zero-order chi connectivity index (χ0) is 14.1. The Morgan fingerprint density at radius 1 is 1.00 bits per heavy atom. The highest BCUT2D eigenvalue weighted by Gasteiger charge is 2.06. The van der Waals surface area contributed by atoms with Gasteiger partial charge in [-0.3, -0.25) is 0 Å². The van der Waals surface area contributed by atoms with E-state index in [1.165, 1.54) is 26.1 Å². The maximum Gasteiger partial charge on any atom is 0.0992 e. The first kappa shape index (κ1) is 12.9. The standard InChI is InChI=1S/C18H15NS/c1-12(2)14-5-7-15(8-6-14)18-10-16-4-3-13(11-19)9-17(16)20-18/h3-10,12H,1-2H3. The van der Waals surface area contributed by atoms with Crippen molar-refractivity contribution in [2.75, 3.05) is 0 Å². The topological polar surface area (TPSA) is 23.8 Å². The zero-order valence-electron chi connectivity index (χ0n) is 11.6. The van der Waals surface area contributed by atoms with Crippen molar-refractivity contribution in [3.05, 3.63) is 59.7 Å². The van der Waals surface area contributed by atoms with Crippen LogP contribution in [0, 0.1) is 11.3 Å². The van der Waals surface area contributed by atoms with Crippen LogP contribution in [0.4, 0.5) is 0 Å². The van der Waals surface area contributed by atoms with Gasteiger partial charge in [0.1, 0.15) is 0 Å². The molecule has 2 heteroatoms. The molecule has 98 valence electrons. The number of fused-ring (bicyclic) bond motifs is 1. The third kappa shape index (κ3) is 2.33. The SMILES string of the molecule is CC(C)c1ccc(-c2cc3ccc(C#N)cc3s2)cc1. The van der Waals surface area contributed by atoms with Crippen LogP contribution in [0.5, 0.6) is 0 Å². The smallest absolute Gasteiger partial charge is 0.0992 e. The van der Waals surface area contributed by atoms with Crippen molar-refractivity contribution < 1.29 is 0 Å². The molecule has 1 heterocycles. The van der Waals surface area contributed by atoms with Crippen LogP contribution in [-0.2, 0) is 0 Å². The maximum atomic E-state index is 8.96. The van der Waals surface area contributed by atoms with Crippen molar-refractivity contribution in [3.8, 4) is 16.5 Å². The number of rotatable bonds is 2. The van der Waals surface area contributed by atoms with Gasteiger partial charge in [0, 0.05) is 9.58 Å². The molecule has 0 saturated heterocycles. The van der Waals surface area contributed by atoms with Crippen molar-refractivity contribution in [3.63, 3.8) is 0 Å². The molecule has 0 spiro atoms. The molecule has 3 rings (SSSR count). The number of nitrogens with zero attached hydrogens (tertiary/aromatic N) is 1. The minimum atomic E-state index is 0.560. The molecule has 0 atom stereocenters. The summed E-state index contributed by atoms with van der Waals surface area (Å²) in [6, 6.07) is 19.0. The van der Waals surface area contributed by atoms with E-state index in [0.29, 0.717) is 5.92 Å². The second-order valence-electron chi connectivity index (χ2n) is 5.25. The Morgan fingerprint density at radius 2 is 1.75 bits per heavy atom. The molecule has 0 unspecified atom stereocenters. The molecule has 0 N–H and O–H groups in total. The highest BCUT2D eigenvalue weighted by atomic mass is 32.1. The van der Waals surface area contributed by atoms with Crippen molar-refractivity contribution >= 4 is 21.4 Å². The van der Waals surface area contributed by atoms with Gasteiger partial charge in [-0.05, 0) is 40.6 Å². The molecule has 1 aromatic heterocycles. The van der Waals surface area contributed by atoms with Crippen LogP contribution in [0.1, 0.15) is 30.9 Å². The van der Waals surface area contributed by atoms with E-state index in [1.54, 1.807) is 11.3 Å². The molecule has 0 aliphatic carbocycles. The summed E-state index contributed by atoms with van der Waals surface area (Å²) in [7, 11) is 0. The maximum absolute atomic E-state index is 8.96. The molecule has 0 amide bonds. The Labute approximate surface area is 123 Å². The van der Waals surface area contributed by atoms with Crippen LogP contribution in [0.25, 0.3) is 20.5 Å². The first-order valence-electron chi connectivity index (χ1n) is 6.71. The average molecular weight is 277 g/mol. The van der Waals surface area contributed by atoms with Crippen LogP contribution < -0.4 is 0 Å². The normalized spacial score (nSPS) is 10.9. The molecule has 1 nitrogen and oxygen atoms in total. The quantitative estimate of drug-likeness (QED) is 0.601. The fraction of sp³-hybridized carbons (Fsp3) is 0.167. The Hall–Kier alpha value is -2.11. The highest BCUT2D eigenvalue weighted by molar-refractivity contribution is 7.22. The largest absolute Gasteiger partial charge is 0.192 e. The van der Waals surface area contributed by atoms with Crippen molar-refractivity contribution in [1.82, 2.24) is 0 Å². The van der Waals surface area contributed by atoms with Gasteiger partial charge in [0.05, 0.1) is 11.6 Å². The van der Waals surface area contributed by atoms with E-state index in [1.807, 2.05) is 18.2 Å². The molecule has 0 saturated carbocycles. The summed E-state index contributed by atoms with van der Waals surface area (Å²) in [6.07, 6.45) is 0. The molecule has 0 aliphatic rings. The van der Waals surface area contributed by atoms with E-state index in [9.17, 15) is 0 Å². The molecule has 0 aliphatic heterocycles. The molecule has 3 aromatic rings. The Morgan fingerprint density at radius 3 is 2.40 bits per heavy atom. The lowest BCUT2D eigenvalue weighted by molar-refractivity contribution is 0.867. The summed E-state index contributed by atoms with van der Waals surface area (Å²) in [4.78, 5) is 1.25. The van der Waals surface area contributed by atoms with Gasteiger partial charge in [-0.25, -0.2) is 0 Å². The number of hydrogen-bond acceptors (Lipinski definition) is 2. The summed E-state index contributed by atoms with van der Waals surface area (Å²) < 4.78 is 1.17. The van der Waals surface area contributed by atoms with Gasteiger partial charge in [-0.1, -0.05) is 44.2 Å². The Balaban J connectivity index is 2.03. The number of nitriles is 1. The lowest BCUT2D eigenvalue weighted by atomic mass is 10.0. The van der Waals surface area contributed by atoms with Gasteiger partial charge in [0.2, 0.25) is 0 Å². The first-order chi connectivity index (χ1) is 9.67. The summed E-state index contributed by atoms with van der Waals surface area (Å²) in [6.45, 7) is 4.41. The van der Waals surface area contributed by atoms with Gasteiger partial charge in [-0.15, -0.1) is 11.3 Å². The molecule has 0 bridgehead atoms. The molecule has 0 fully saturated rings. The van der Waals surface area contributed by atoms with Crippen LogP contribution in [0.2, 0.25) is 0 Å². The minimum absolute atomic E-state index is 0.560. The molecule has 2 aromatic carbocycles. The predicted molar refractivity (Wildman–Crippen MR) is 86.1 cm³/mol. The summed E-state index contributed by atoms with van der Waals surface area (Å²) in [5, 5.41) is 10.2. The summed E-state index contributed by atoms with van der Waals surface area (Å²) >= 11 is 1.74. The van der Waals surface area contributed by atoms with Crippen LogP contribution >= 0.6 is 11.3 Å². The fourth-order valence-electron chi connectivity index (χ4n) is 2.28. The lowest BCUT2D eigenvalue weighted by Crippen LogP contribution is -1.85. The van der Waals surface area contributed by atoms with Crippen molar-refractivity contribution in [2.45, 2.75) is 19.8 Å². The Kier molecular flexibility index (Phi) is 3.30. The average Bonchev–Trinajstić information content (AvgIpc) is 2.90. The number of benzene rings is 2. The minimum Gasteiger partial charge on any atom is -0.192 e. The van der Waals surface area contributed by atoms with E-state index >= 15 is 0 Å². The van der Waals surface area contributed by atoms with Gasteiger partial charge < -0.3 is 0 Å². The van der Waals surface area contributed by atoms with E-state index in [-0.39, 0.29) is 0 Å². The second kappa shape index (κ2) is 5.11. The summed E-state index contributed by atoms with van der Waals surface area (Å²) in [5.41, 5.74) is 3.33. The van der Waals surface area contributed by atoms with Gasteiger partial charge in [0.25, 0.3) is 0 Å². The number of thiophene rings is 1. The second-order valence-corrected chi connectivity index (χ2v) is 6.34. The van der Waals surface area contributed by atoms with E-state index in [2.05, 4.69) is 50.2 Å². The van der Waals surface area contributed by atoms with Crippen LogP contribution in [0.3, 0.4) is 0 Å². The molecular weight excluding hydrogens is 262 g/mol. The summed E-state index contributed by atoms with van der Waals surface area (Å²) in [5.74, 6) is 0.560. The number of hydrogen-bond donors (Lipinski definition) is 0. The van der Waals surface area contributed by atoms with E-state index in [0.717, 1.165) is 5.56 Å². The van der Waals surface area contributed by atoms with Crippen molar-refractivity contribution in [1.29, 1.82) is 5.26 Å². The first-order valence-corrected chi connectivity index (χ1v) is 7.53. The van der Waals surface area contributed by atoms with Crippen molar-refractivity contribution in [2.24, 2.45) is 0 Å².